The van der Waals surface area contributed by atoms with Gasteiger partial charge in [-0.15, -0.1) is 15.3 Å². The van der Waals surface area contributed by atoms with E-state index in [1.807, 2.05) is 38.4 Å². The number of aromatic nitrogens is 5. The molecule has 0 unspecified atom stereocenters. The molecule has 0 aliphatic carbocycles. The zero-order chi connectivity index (χ0) is 17.8. The van der Waals surface area contributed by atoms with Crippen LogP contribution in [-0.4, -0.2) is 57.1 Å². The summed E-state index contributed by atoms with van der Waals surface area (Å²) in [4.78, 5) is 5.99. The van der Waals surface area contributed by atoms with Crippen LogP contribution in [0.3, 0.4) is 0 Å². The Kier molecular flexibility index (Phi) is 5.10. The van der Waals surface area contributed by atoms with Crippen LogP contribution >= 0.6 is 11.3 Å². The highest BCUT2D eigenvalue weighted by atomic mass is 32.1. The number of nitrogens with zero attached hydrogens (tertiary/aromatic N) is 6. The van der Waals surface area contributed by atoms with Gasteiger partial charge in [0.2, 0.25) is 17.0 Å². The van der Waals surface area contributed by atoms with Crippen molar-refractivity contribution in [1.82, 2.24) is 29.9 Å². The van der Waals surface area contributed by atoms with E-state index in [1.54, 1.807) is 0 Å². The third-order valence-electron chi connectivity index (χ3n) is 3.37. The van der Waals surface area contributed by atoms with Gasteiger partial charge < -0.3 is 21.1 Å². The summed E-state index contributed by atoms with van der Waals surface area (Å²) in [7, 11) is 4.08. The highest BCUT2D eigenvalue weighted by Gasteiger charge is 2.15. The Morgan fingerprint density at radius 2 is 2.00 bits per heavy atom. The summed E-state index contributed by atoms with van der Waals surface area (Å²) in [6, 6.07) is 7.74. The van der Waals surface area contributed by atoms with Crippen LogP contribution in [0.2, 0.25) is 0 Å². The fraction of sp³-hybridized carbons (Fsp3) is 0.333. The minimum atomic E-state index is 0.0962. The van der Waals surface area contributed by atoms with Gasteiger partial charge in [0.05, 0.1) is 12.2 Å². The summed E-state index contributed by atoms with van der Waals surface area (Å²) in [6.07, 6.45) is 0.942. The highest BCUT2D eigenvalue weighted by Crippen LogP contribution is 2.33. The van der Waals surface area contributed by atoms with Gasteiger partial charge in [-0.2, -0.15) is 9.67 Å². The van der Waals surface area contributed by atoms with Gasteiger partial charge in [-0.25, -0.2) is 0 Å². The second kappa shape index (κ2) is 7.45. The van der Waals surface area contributed by atoms with Crippen molar-refractivity contribution in [3.05, 3.63) is 24.3 Å². The van der Waals surface area contributed by atoms with Crippen LogP contribution in [0.5, 0.6) is 5.75 Å². The number of anilines is 2. The van der Waals surface area contributed by atoms with Crippen molar-refractivity contribution in [1.29, 1.82) is 0 Å². The predicted octanol–water partition coefficient (Wildman–Crippen LogP) is 1.28. The second-order valence-corrected chi connectivity index (χ2v) is 6.59. The first-order valence-corrected chi connectivity index (χ1v) is 8.55. The first kappa shape index (κ1) is 17.1. The number of hydrogen-bond donors (Lipinski definition) is 2. The lowest BCUT2D eigenvalue weighted by Crippen LogP contribution is -2.15. The van der Waals surface area contributed by atoms with E-state index in [4.69, 9.17) is 16.2 Å². The van der Waals surface area contributed by atoms with Gasteiger partial charge in [-0.1, -0.05) is 23.5 Å². The van der Waals surface area contributed by atoms with Crippen molar-refractivity contribution < 1.29 is 4.74 Å². The molecule has 3 aromatic rings. The Hall–Kier alpha value is -2.72. The molecule has 0 bridgehead atoms. The normalized spacial score (nSPS) is 11.2. The van der Waals surface area contributed by atoms with Crippen molar-refractivity contribution >= 4 is 23.2 Å². The van der Waals surface area contributed by atoms with E-state index in [9.17, 15) is 0 Å². The van der Waals surface area contributed by atoms with Gasteiger partial charge in [0, 0.05) is 6.54 Å². The van der Waals surface area contributed by atoms with Crippen LogP contribution in [0, 0.1) is 0 Å². The van der Waals surface area contributed by atoms with E-state index in [2.05, 4.69) is 25.2 Å². The van der Waals surface area contributed by atoms with Gasteiger partial charge in [-0.3, -0.25) is 0 Å². The fourth-order valence-electron chi connectivity index (χ4n) is 2.22. The van der Waals surface area contributed by atoms with Crippen molar-refractivity contribution in [2.45, 2.75) is 6.42 Å². The summed E-state index contributed by atoms with van der Waals surface area (Å²) in [5.41, 5.74) is 12.2. The molecule has 0 aliphatic heterocycles. The van der Waals surface area contributed by atoms with Gasteiger partial charge >= 0.3 is 0 Å². The van der Waals surface area contributed by atoms with Crippen molar-refractivity contribution in [3.8, 4) is 21.5 Å². The third-order valence-corrected chi connectivity index (χ3v) is 4.30. The van der Waals surface area contributed by atoms with Crippen LogP contribution in [-0.2, 0) is 0 Å². The summed E-state index contributed by atoms with van der Waals surface area (Å²) >= 11 is 1.34. The first-order chi connectivity index (χ1) is 12.0. The number of benzene rings is 1. The number of rotatable bonds is 7. The monoisotopic (exact) mass is 360 g/mol. The van der Waals surface area contributed by atoms with E-state index < -0.39 is 0 Å². The minimum Gasteiger partial charge on any atom is -0.493 e. The lowest BCUT2D eigenvalue weighted by molar-refractivity contribution is 0.282. The number of hydrogen-bond acceptors (Lipinski definition) is 9. The molecule has 10 heteroatoms. The molecule has 0 fully saturated rings. The number of nitrogens with two attached hydrogens (primary N) is 2. The number of para-hydroxylation sites is 1. The summed E-state index contributed by atoms with van der Waals surface area (Å²) in [6.45, 7) is 1.60. The smallest absolute Gasteiger partial charge is 0.241 e. The average Bonchev–Trinajstić information content (AvgIpc) is 3.18. The van der Waals surface area contributed by atoms with Crippen molar-refractivity contribution in [2.24, 2.45) is 0 Å². The molecule has 0 aliphatic rings. The Morgan fingerprint density at radius 3 is 2.72 bits per heavy atom. The molecule has 4 N–H and O–H groups in total. The molecule has 2 heterocycles. The Bertz CT molecular complexity index is 844. The Morgan fingerprint density at radius 1 is 1.20 bits per heavy atom. The van der Waals surface area contributed by atoms with E-state index in [1.165, 1.54) is 16.0 Å². The molecule has 25 heavy (non-hydrogen) atoms. The van der Waals surface area contributed by atoms with Crippen LogP contribution < -0.4 is 16.2 Å². The van der Waals surface area contributed by atoms with E-state index in [-0.39, 0.29) is 11.9 Å². The Balaban J connectivity index is 1.79. The molecule has 3 rings (SSSR count). The lowest BCUT2D eigenvalue weighted by Gasteiger charge is -2.12. The van der Waals surface area contributed by atoms with Gasteiger partial charge in [0.25, 0.3) is 0 Å². The molecule has 2 aromatic heterocycles. The molecule has 0 saturated carbocycles. The van der Waals surface area contributed by atoms with E-state index >= 15 is 0 Å². The third kappa shape index (κ3) is 4.03. The highest BCUT2D eigenvalue weighted by molar-refractivity contribution is 7.17. The van der Waals surface area contributed by atoms with Gasteiger partial charge in [0.15, 0.2) is 5.01 Å². The van der Waals surface area contributed by atoms with Crippen LogP contribution in [0.25, 0.3) is 15.7 Å². The molecular formula is C15H20N8OS. The van der Waals surface area contributed by atoms with Gasteiger partial charge in [0.1, 0.15) is 5.75 Å². The topological polar surface area (TPSA) is 121 Å². The van der Waals surface area contributed by atoms with E-state index in [0.717, 1.165) is 24.3 Å². The number of nitrogen functional groups attached to an aromatic ring is 2. The maximum absolute atomic E-state index is 5.92. The molecule has 0 spiro atoms. The molecule has 0 amide bonds. The summed E-state index contributed by atoms with van der Waals surface area (Å²) in [5, 5.41) is 13.6. The lowest BCUT2D eigenvalue weighted by atomic mass is 10.2. The maximum Gasteiger partial charge on any atom is 0.241 e. The van der Waals surface area contributed by atoms with Crippen LogP contribution in [0.1, 0.15) is 6.42 Å². The quantitative estimate of drug-likeness (QED) is 0.604. The molecule has 0 radical (unpaired) electrons. The standard InChI is InChI=1S/C15H20N8OS/c1-22(2)8-5-9-24-11-7-4-3-6-10(11)12-19-20-15(25-12)23-14(17)18-13(16)21-23/h3-4,6-7H,5,8-9H2,1-2H3,(H4,16,17,18,21). The maximum atomic E-state index is 5.92. The van der Waals surface area contributed by atoms with Crippen molar-refractivity contribution in [2.75, 3.05) is 38.7 Å². The SMILES string of the molecule is CN(C)CCCOc1ccccc1-c1nnc(-n2nc(N)nc2N)s1. The first-order valence-electron chi connectivity index (χ1n) is 7.73. The largest absolute Gasteiger partial charge is 0.493 e. The molecule has 1 aromatic carbocycles. The summed E-state index contributed by atoms with van der Waals surface area (Å²) in [5.74, 6) is 1.04. The second-order valence-electron chi connectivity index (χ2n) is 5.63. The molecule has 0 atom stereocenters. The minimum absolute atomic E-state index is 0.0962. The van der Waals surface area contributed by atoms with Crippen LogP contribution in [0.4, 0.5) is 11.9 Å². The predicted molar refractivity (Wildman–Crippen MR) is 97.8 cm³/mol. The Labute approximate surface area is 149 Å². The van der Waals surface area contributed by atoms with Crippen molar-refractivity contribution in [3.63, 3.8) is 0 Å². The van der Waals surface area contributed by atoms with Gasteiger partial charge in [-0.05, 0) is 32.6 Å². The van der Waals surface area contributed by atoms with E-state index in [0.29, 0.717) is 16.7 Å². The summed E-state index contributed by atoms with van der Waals surface area (Å²) < 4.78 is 7.29. The molecule has 9 nitrogen and oxygen atoms in total. The molecule has 0 saturated heterocycles. The average molecular weight is 360 g/mol. The zero-order valence-corrected chi connectivity index (χ0v) is 14.9. The van der Waals surface area contributed by atoms with Crippen LogP contribution in [0.15, 0.2) is 24.3 Å². The zero-order valence-electron chi connectivity index (χ0n) is 14.1. The fourth-order valence-corrected chi connectivity index (χ4v) is 3.06. The molecular weight excluding hydrogens is 340 g/mol. The molecule has 132 valence electrons. The number of ether oxygens (including phenoxy) is 1.